The van der Waals surface area contributed by atoms with Crippen LogP contribution in [0.2, 0.25) is 0 Å². The Hall–Kier alpha value is -3.67. The molecule has 30 heavy (non-hydrogen) atoms. The monoisotopic (exact) mass is 404 g/mol. The first-order valence-electron chi connectivity index (χ1n) is 9.74. The predicted molar refractivity (Wildman–Crippen MR) is 113 cm³/mol. The van der Waals surface area contributed by atoms with Gasteiger partial charge in [-0.25, -0.2) is 9.18 Å². The van der Waals surface area contributed by atoms with E-state index in [4.69, 9.17) is 4.74 Å². The number of ether oxygens (including phenoxy) is 1. The summed E-state index contributed by atoms with van der Waals surface area (Å²) in [4.78, 5) is 24.2. The second-order valence-corrected chi connectivity index (χ2v) is 7.28. The van der Waals surface area contributed by atoms with Crippen molar-refractivity contribution in [3.63, 3.8) is 0 Å². The van der Waals surface area contributed by atoms with Gasteiger partial charge in [0.15, 0.2) is 0 Å². The van der Waals surface area contributed by atoms with Crippen LogP contribution in [0.4, 0.5) is 20.6 Å². The molecule has 2 atom stereocenters. The quantitative estimate of drug-likeness (QED) is 0.566. The summed E-state index contributed by atoms with van der Waals surface area (Å²) in [6, 6.07) is 22.4. The van der Waals surface area contributed by atoms with E-state index in [1.807, 2.05) is 36.4 Å². The largest absolute Gasteiger partial charge is 0.457 e. The Morgan fingerprint density at radius 2 is 1.63 bits per heavy atom. The minimum Gasteiger partial charge on any atom is -0.457 e. The summed E-state index contributed by atoms with van der Waals surface area (Å²) in [7, 11) is 0. The van der Waals surface area contributed by atoms with Crippen molar-refractivity contribution in [2.24, 2.45) is 5.92 Å². The second-order valence-electron chi connectivity index (χ2n) is 7.28. The van der Waals surface area contributed by atoms with E-state index in [0.717, 1.165) is 17.5 Å². The van der Waals surface area contributed by atoms with Crippen molar-refractivity contribution < 1.29 is 18.7 Å². The summed E-state index contributed by atoms with van der Waals surface area (Å²) in [6.07, 6.45) is 0.720. The van der Waals surface area contributed by atoms with Crippen molar-refractivity contribution in [3.05, 3.63) is 95.8 Å². The van der Waals surface area contributed by atoms with Crippen LogP contribution >= 0.6 is 0 Å². The Kier molecular flexibility index (Phi) is 5.75. The molecule has 3 aromatic rings. The molecule has 2 amide bonds. The fraction of sp³-hybridized carbons (Fsp3) is 0.167. The first-order valence-corrected chi connectivity index (χ1v) is 9.74. The van der Waals surface area contributed by atoms with Gasteiger partial charge in [-0.15, -0.1) is 0 Å². The lowest BCUT2D eigenvalue weighted by Gasteiger charge is -2.19. The maximum Gasteiger partial charge on any atom is 0.323 e. The van der Waals surface area contributed by atoms with E-state index in [0.29, 0.717) is 17.8 Å². The molecule has 3 aromatic carbocycles. The molecule has 2 N–H and O–H groups in total. The maximum atomic E-state index is 13.3. The summed E-state index contributed by atoms with van der Waals surface area (Å²) in [5.41, 5.74) is 2.89. The van der Waals surface area contributed by atoms with E-state index in [-0.39, 0.29) is 18.0 Å². The van der Waals surface area contributed by atoms with Gasteiger partial charge in [-0.1, -0.05) is 48.5 Å². The predicted octanol–water partition coefficient (Wildman–Crippen LogP) is 5.32. The third kappa shape index (κ3) is 4.84. The Morgan fingerprint density at radius 3 is 2.37 bits per heavy atom. The van der Waals surface area contributed by atoms with E-state index >= 15 is 0 Å². The number of hydrogen-bond donors (Lipinski definition) is 2. The standard InChI is InChI=1S/C24H21FN2O3/c25-19-9-5-11-21(15-19)27-24(29)26-20-10-4-8-17(13-20)23-18(14-22(28)30-23)12-16-6-2-1-3-7-16/h1-11,13,15,18,23H,12,14H2,(H2,26,27,29). The van der Waals surface area contributed by atoms with Crippen molar-refractivity contribution in [1.82, 2.24) is 0 Å². The minimum absolute atomic E-state index is 0.0243. The SMILES string of the molecule is O=C(Nc1cccc(F)c1)Nc1cccc(C2OC(=O)CC2Cc2ccccc2)c1. The van der Waals surface area contributed by atoms with E-state index in [2.05, 4.69) is 10.6 Å². The van der Waals surface area contributed by atoms with Crippen LogP contribution < -0.4 is 10.6 Å². The Morgan fingerprint density at radius 1 is 0.933 bits per heavy atom. The highest BCUT2D eigenvalue weighted by Gasteiger charge is 2.36. The number of carbonyl (C=O) groups is 2. The molecule has 0 bridgehead atoms. The summed E-state index contributed by atoms with van der Waals surface area (Å²) in [6.45, 7) is 0. The van der Waals surface area contributed by atoms with Crippen LogP contribution in [0.3, 0.4) is 0 Å². The maximum absolute atomic E-state index is 13.3. The minimum atomic E-state index is -0.484. The average Bonchev–Trinajstić information content (AvgIpc) is 3.09. The molecule has 6 heteroatoms. The summed E-state index contributed by atoms with van der Waals surface area (Å²) < 4.78 is 18.9. The number of halogens is 1. The molecule has 1 aliphatic rings. The first-order chi connectivity index (χ1) is 14.6. The average molecular weight is 404 g/mol. The van der Waals surface area contributed by atoms with Gasteiger partial charge in [-0.2, -0.15) is 0 Å². The van der Waals surface area contributed by atoms with Gasteiger partial charge in [-0.3, -0.25) is 4.79 Å². The third-order valence-electron chi connectivity index (χ3n) is 5.01. The topological polar surface area (TPSA) is 67.4 Å². The Labute approximate surface area is 173 Å². The molecule has 1 heterocycles. The van der Waals surface area contributed by atoms with Crippen LogP contribution in [-0.4, -0.2) is 12.0 Å². The number of hydrogen-bond acceptors (Lipinski definition) is 3. The zero-order chi connectivity index (χ0) is 20.9. The number of benzene rings is 3. The van der Waals surface area contributed by atoms with Crippen molar-refractivity contribution in [2.45, 2.75) is 18.9 Å². The van der Waals surface area contributed by atoms with Gasteiger partial charge in [0.2, 0.25) is 0 Å². The van der Waals surface area contributed by atoms with Gasteiger partial charge in [0.25, 0.3) is 0 Å². The molecular weight excluding hydrogens is 383 g/mol. The first kappa shape index (κ1) is 19.6. The Balaban J connectivity index is 1.46. The highest BCUT2D eigenvalue weighted by molar-refractivity contribution is 5.99. The van der Waals surface area contributed by atoms with Crippen LogP contribution in [0.25, 0.3) is 0 Å². The van der Waals surface area contributed by atoms with Crippen molar-refractivity contribution in [3.8, 4) is 0 Å². The molecule has 1 aliphatic heterocycles. The lowest BCUT2D eigenvalue weighted by atomic mass is 9.89. The van der Waals surface area contributed by atoms with E-state index < -0.39 is 11.8 Å². The lowest BCUT2D eigenvalue weighted by Crippen LogP contribution is -2.19. The van der Waals surface area contributed by atoms with Crippen LogP contribution in [0.5, 0.6) is 0 Å². The normalized spacial score (nSPS) is 18.0. The number of carbonyl (C=O) groups excluding carboxylic acids is 2. The Bertz CT molecular complexity index is 1060. The second kappa shape index (κ2) is 8.78. The fourth-order valence-electron chi connectivity index (χ4n) is 3.70. The lowest BCUT2D eigenvalue weighted by molar-refractivity contribution is -0.141. The van der Waals surface area contributed by atoms with E-state index in [1.54, 1.807) is 24.3 Å². The van der Waals surface area contributed by atoms with Gasteiger partial charge in [0, 0.05) is 17.3 Å². The molecule has 1 saturated heterocycles. The number of amides is 2. The smallest absolute Gasteiger partial charge is 0.323 e. The van der Waals surface area contributed by atoms with Gasteiger partial charge < -0.3 is 15.4 Å². The molecular formula is C24H21FN2O3. The number of esters is 1. The highest BCUT2D eigenvalue weighted by atomic mass is 19.1. The van der Waals surface area contributed by atoms with Gasteiger partial charge in [-0.05, 0) is 47.9 Å². The van der Waals surface area contributed by atoms with Crippen LogP contribution in [-0.2, 0) is 16.0 Å². The highest BCUT2D eigenvalue weighted by Crippen LogP contribution is 2.38. The summed E-state index contributed by atoms with van der Waals surface area (Å²) >= 11 is 0. The zero-order valence-corrected chi connectivity index (χ0v) is 16.2. The fourth-order valence-corrected chi connectivity index (χ4v) is 3.70. The van der Waals surface area contributed by atoms with Crippen molar-refractivity contribution >= 4 is 23.4 Å². The number of nitrogens with one attached hydrogen (secondary N) is 2. The van der Waals surface area contributed by atoms with Crippen LogP contribution in [0, 0.1) is 11.7 Å². The van der Waals surface area contributed by atoms with E-state index in [9.17, 15) is 14.0 Å². The summed E-state index contributed by atoms with van der Waals surface area (Å²) in [5.74, 6) is -0.623. The number of urea groups is 1. The molecule has 0 radical (unpaired) electrons. The van der Waals surface area contributed by atoms with Gasteiger partial charge in [0.05, 0.1) is 6.42 Å². The van der Waals surface area contributed by atoms with E-state index in [1.165, 1.54) is 18.2 Å². The molecule has 4 rings (SSSR count). The number of anilines is 2. The van der Waals surface area contributed by atoms with Gasteiger partial charge in [0.1, 0.15) is 11.9 Å². The molecule has 2 unspecified atom stereocenters. The summed E-state index contributed by atoms with van der Waals surface area (Å²) in [5, 5.41) is 5.33. The van der Waals surface area contributed by atoms with Crippen LogP contribution in [0.1, 0.15) is 23.7 Å². The third-order valence-corrected chi connectivity index (χ3v) is 5.01. The molecule has 5 nitrogen and oxygen atoms in total. The van der Waals surface area contributed by atoms with Crippen molar-refractivity contribution in [2.75, 3.05) is 10.6 Å². The zero-order valence-electron chi connectivity index (χ0n) is 16.2. The van der Waals surface area contributed by atoms with Gasteiger partial charge >= 0.3 is 12.0 Å². The number of cyclic esters (lactones) is 1. The van der Waals surface area contributed by atoms with Crippen LogP contribution in [0.15, 0.2) is 78.9 Å². The molecule has 0 aliphatic carbocycles. The number of rotatable bonds is 5. The van der Waals surface area contributed by atoms with Crippen molar-refractivity contribution in [1.29, 1.82) is 0 Å². The molecule has 0 spiro atoms. The molecule has 0 aromatic heterocycles. The molecule has 1 fully saturated rings. The molecule has 0 saturated carbocycles. The molecule has 152 valence electrons.